The zero-order valence-corrected chi connectivity index (χ0v) is 4.02. The Kier molecular flexibility index (Phi) is 3.93. The van der Waals surface area contributed by atoms with Crippen LogP contribution in [0.25, 0.3) is 0 Å². The minimum absolute atomic E-state index is 0.282. The molecule has 0 aromatic rings. The highest BCUT2D eigenvalue weighted by molar-refractivity contribution is 7.66. The maximum absolute atomic E-state index is 5.11. The molecule has 0 nitrogen and oxygen atoms in total. The summed E-state index contributed by atoms with van der Waals surface area (Å²) in [7, 11) is 5.39. The topological polar surface area (TPSA) is 0 Å². The van der Waals surface area contributed by atoms with Gasteiger partial charge in [0.2, 0.25) is 0 Å². The Morgan fingerprint density at radius 3 is 2.25 bits per heavy atom. The third-order valence-electron chi connectivity index (χ3n) is 0.236. The van der Waals surface area contributed by atoms with Crippen LogP contribution < -0.4 is 0 Å². The van der Waals surface area contributed by atoms with Crippen molar-refractivity contribution < 1.29 is 0 Å². The Labute approximate surface area is 30.1 Å². The highest BCUT2D eigenvalue weighted by Crippen LogP contribution is 1.93. The van der Waals surface area contributed by atoms with Crippen LogP contribution >= 0.6 is 8.46 Å². The van der Waals surface area contributed by atoms with Crippen molar-refractivity contribution in [2.45, 2.75) is 6.92 Å². The summed E-state index contributed by atoms with van der Waals surface area (Å²) in [5, 5.41) is 0. The molecule has 23 valence electrons. The molecule has 0 aliphatic rings. The van der Waals surface area contributed by atoms with Gasteiger partial charge in [0.25, 0.3) is 0 Å². The molecule has 0 aromatic heterocycles. The molecule has 0 fully saturated rings. The molecule has 1 unspecified atom stereocenters. The second-order valence-corrected chi connectivity index (χ2v) is 1.93. The van der Waals surface area contributed by atoms with Crippen LogP contribution in [-0.4, -0.2) is 13.7 Å². The van der Waals surface area contributed by atoms with Gasteiger partial charge >= 0.3 is 0 Å². The van der Waals surface area contributed by atoms with Crippen LogP contribution in [0.4, 0.5) is 0 Å². The second kappa shape index (κ2) is 3.49. The highest BCUT2D eigenvalue weighted by atomic mass is 31.1. The van der Waals surface area contributed by atoms with Crippen molar-refractivity contribution >= 4 is 16.0 Å². The molecule has 0 saturated carbocycles. The maximum atomic E-state index is 5.11. The Bertz CT molecular complexity index is 8.00. The van der Waals surface area contributed by atoms with E-state index in [1.165, 1.54) is 6.16 Å². The van der Waals surface area contributed by atoms with E-state index in [2.05, 4.69) is 6.92 Å². The van der Waals surface area contributed by atoms with Gasteiger partial charge < -0.3 is 7.57 Å². The van der Waals surface area contributed by atoms with Crippen molar-refractivity contribution in [3.05, 3.63) is 0 Å². The molecule has 0 amide bonds. The van der Waals surface area contributed by atoms with Crippen LogP contribution in [0.3, 0.4) is 0 Å². The summed E-state index contributed by atoms with van der Waals surface area (Å²) in [6.07, 6.45) is 1.18. The first-order chi connectivity index (χ1) is 1.91. The molecule has 0 N–H and O–H groups in total. The van der Waals surface area contributed by atoms with Crippen LogP contribution in [0.1, 0.15) is 6.92 Å². The average Bonchev–Trinajstić information content (AvgIpc) is 1.37. The van der Waals surface area contributed by atoms with Crippen LogP contribution in [0.5, 0.6) is 0 Å². The first kappa shape index (κ1) is 4.49. The summed E-state index contributed by atoms with van der Waals surface area (Å²) in [5.74, 6) is 0. The minimum Gasteiger partial charge on any atom is -0.313 e. The van der Waals surface area contributed by atoms with E-state index in [0.29, 0.717) is 0 Å². The molecule has 0 spiro atoms. The fourth-order valence-electron chi connectivity index (χ4n) is 0. The number of hydrogen-bond donors (Lipinski definition) is 0. The largest absolute Gasteiger partial charge is 0.313 e. The van der Waals surface area contributed by atoms with Gasteiger partial charge in [-0.3, -0.25) is 8.46 Å². The average molecular weight is 72.9 g/mol. The Morgan fingerprint density at radius 2 is 2.25 bits per heavy atom. The van der Waals surface area contributed by atoms with Crippen molar-refractivity contribution in [3.8, 4) is 0 Å². The summed E-state index contributed by atoms with van der Waals surface area (Å²) in [6, 6.07) is 0. The first-order valence-corrected chi connectivity index (χ1v) is 2.93. The van der Waals surface area contributed by atoms with E-state index in [9.17, 15) is 0 Å². The quantitative estimate of drug-likeness (QED) is 0.313. The van der Waals surface area contributed by atoms with Crippen LogP contribution in [0.15, 0.2) is 0 Å². The molecule has 0 heterocycles. The second-order valence-electron chi connectivity index (χ2n) is 0.644. The smallest absolute Gasteiger partial charge is 0.00470 e. The van der Waals surface area contributed by atoms with Crippen molar-refractivity contribution in [1.82, 2.24) is 0 Å². The lowest BCUT2D eigenvalue weighted by atomic mass is 10.8. The van der Waals surface area contributed by atoms with Crippen LogP contribution in [-0.2, 0) is 0 Å². The summed E-state index contributed by atoms with van der Waals surface area (Å²) >= 11 is 0. The molecule has 4 heavy (non-hydrogen) atoms. The van der Waals surface area contributed by atoms with Gasteiger partial charge in [-0.1, -0.05) is 0 Å². The van der Waals surface area contributed by atoms with E-state index in [1.807, 2.05) is 0 Å². The van der Waals surface area contributed by atoms with Gasteiger partial charge in [0, 0.05) is 6.16 Å². The van der Waals surface area contributed by atoms with Gasteiger partial charge in [-0.15, -0.1) is 0 Å². The van der Waals surface area contributed by atoms with Crippen LogP contribution in [0, 0.1) is 0 Å². The van der Waals surface area contributed by atoms with Crippen molar-refractivity contribution in [2.24, 2.45) is 0 Å². The molecule has 2 heteroatoms. The van der Waals surface area contributed by atoms with E-state index in [-0.39, 0.29) is 8.46 Å². The molecular formula is C2H7BP. The zero-order chi connectivity index (χ0) is 3.41. The summed E-state index contributed by atoms with van der Waals surface area (Å²) < 4.78 is 0. The SMILES string of the molecule is [B-][PH2+]CC. The highest BCUT2D eigenvalue weighted by Gasteiger charge is 1.49. The van der Waals surface area contributed by atoms with Gasteiger partial charge in [-0.25, -0.2) is 0 Å². The van der Waals surface area contributed by atoms with E-state index in [4.69, 9.17) is 7.57 Å². The van der Waals surface area contributed by atoms with Gasteiger partial charge in [-0.2, -0.15) is 0 Å². The lowest BCUT2D eigenvalue weighted by Crippen LogP contribution is -1.50. The molecule has 0 aliphatic carbocycles. The van der Waals surface area contributed by atoms with Gasteiger partial charge in [0.05, 0.1) is 0 Å². The van der Waals surface area contributed by atoms with E-state index in [0.717, 1.165) is 0 Å². The van der Waals surface area contributed by atoms with E-state index >= 15 is 0 Å². The standard InChI is InChI=1S/C2H7BP/c1-2-4-3/h2,4H2,1H3. The fourth-order valence-corrected chi connectivity index (χ4v) is 0. The molecule has 0 rings (SSSR count). The van der Waals surface area contributed by atoms with Crippen molar-refractivity contribution in [2.75, 3.05) is 6.16 Å². The Morgan fingerprint density at radius 1 is 2.00 bits per heavy atom. The Hall–Kier alpha value is 0.495. The normalized spacial score (nSPS) is 10.5. The van der Waals surface area contributed by atoms with Gasteiger partial charge in [0.1, 0.15) is 0 Å². The van der Waals surface area contributed by atoms with E-state index < -0.39 is 0 Å². The zero-order valence-electron chi connectivity index (χ0n) is 2.86. The first-order valence-electron chi connectivity index (χ1n) is 1.45. The lowest BCUT2D eigenvalue weighted by Gasteiger charge is -1.78. The predicted molar refractivity (Wildman–Crippen MR) is 26.0 cm³/mol. The third-order valence-corrected chi connectivity index (χ3v) is 0.707. The van der Waals surface area contributed by atoms with E-state index in [1.54, 1.807) is 0 Å². The number of rotatable bonds is 1. The summed E-state index contributed by atoms with van der Waals surface area (Å²) in [5.41, 5.74) is 0. The van der Waals surface area contributed by atoms with Gasteiger partial charge in [-0.05, 0) is 6.92 Å². The Balaban J connectivity index is 1.97. The predicted octanol–water partition coefficient (Wildman–Crippen LogP) is 0.501. The summed E-state index contributed by atoms with van der Waals surface area (Å²) in [6.45, 7) is 2.09. The molecule has 0 saturated heterocycles. The molecule has 3 radical (unpaired) electrons. The molecular weight excluding hydrogens is 65.8 g/mol. The molecule has 0 bridgehead atoms. The van der Waals surface area contributed by atoms with Crippen molar-refractivity contribution in [1.29, 1.82) is 0 Å². The summed E-state index contributed by atoms with van der Waals surface area (Å²) in [4.78, 5) is 0. The molecule has 0 aliphatic heterocycles. The van der Waals surface area contributed by atoms with Gasteiger partial charge in [0.15, 0.2) is 0 Å². The fraction of sp³-hybridized carbons (Fsp3) is 1.00. The third kappa shape index (κ3) is 2.49. The monoisotopic (exact) mass is 73.0 g/mol. The molecule has 1 atom stereocenters. The minimum atomic E-state index is 0.282. The lowest BCUT2D eigenvalue weighted by molar-refractivity contribution is 1.53. The van der Waals surface area contributed by atoms with Crippen LogP contribution in [0.2, 0.25) is 0 Å². The maximum Gasteiger partial charge on any atom is 0.00470 e. The van der Waals surface area contributed by atoms with Crippen molar-refractivity contribution in [3.63, 3.8) is 0 Å². The number of hydrogen-bond acceptors (Lipinski definition) is 0. The molecule has 0 aromatic carbocycles.